The molecule has 29 heavy (non-hydrogen) atoms. The molecule has 1 N–H and O–H groups in total. The van der Waals surface area contributed by atoms with E-state index in [0.29, 0.717) is 41.1 Å². The van der Waals surface area contributed by atoms with Crippen molar-refractivity contribution < 1.29 is 22.7 Å². The molecule has 152 valence electrons. The minimum atomic E-state index is -4.74. The lowest BCUT2D eigenvalue weighted by atomic mass is 10.1. The van der Waals surface area contributed by atoms with Gasteiger partial charge in [-0.15, -0.1) is 13.2 Å². The number of hydrogen-bond donors (Lipinski definition) is 1. The predicted molar refractivity (Wildman–Crippen MR) is 103 cm³/mol. The highest BCUT2D eigenvalue weighted by atomic mass is 19.4. The molecule has 0 aliphatic heterocycles. The number of rotatable bonds is 6. The van der Waals surface area contributed by atoms with Gasteiger partial charge in [0.1, 0.15) is 17.9 Å². The molecule has 1 heterocycles. The molecular formula is C20H19F3N4O2. The molecule has 0 radical (unpaired) electrons. The summed E-state index contributed by atoms with van der Waals surface area (Å²) >= 11 is 0. The van der Waals surface area contributed by atoms with Crippen LogP contribution in [0, 0.1) is 0 Å². The van der Waals surface area contributed by atoms with Gasteiger partial charge in [0.2, 0.25) is 0 Å². The second-order valence-electron chi connectivity index (χ2n) is 6.13. The number of ether oxygens (including phenoxy) is 1. The van der Waals surface area contributed by atoms with Crippen molar-refractivity contribution in [3.63, 3.8) is 0 Å². The van der Waals surface area contributed by atoms with Crippen LogP contribution < -0.4 is 10.1 Å². The van der Waals surface area contributed by atoms with Gasteiger partial charge in [-0.25, -0.2) is 9.97 Å². The zero-order valence-electron chi connectivity index (χ0n) is 15.8. The maximum atomic E-state index is 12.5. The zero-order chi connectivity index (χ0) is 21.0. The molecular weight excluding hydrogens is 385 g/mol. The van der Waals surface area contributed by atoms with Crippen LogP contribution in [-0.2, 0) is 0 Å². The van der Waals surface area contributed by atoms with Gasteiger partial charge >= 0.3 is 6.36 Å². The van der Waals surface area contributed by atoms with Crippen LogP contribution in [0.25, 0.3) is 10.9 Å². The van der Waals surface area contributed by atoms with Crippen molar-refractivity contribution in [3.8, 4) is 5.75 Å². The van der Waals surface area contributed by atoms with E-state index in [2.05, 4.69) is 20.0 Å². The van der Waals surface area contributed by atoms with E-state index in [1.807, 2.05) is 13.8 Å². The van der Waals surface area contributed by atoms with E-state index in [0.717, 1.165) is 0 Å². The van der Waals surface area contributed by atoms with Crippen molar-refractivity contribution in [2.45, 2.75) is 20.2 Å². The third-order valence-electron chi connectivity index (χ3n) is 4.28. The highest BCUT2D eigenvalue weighted by molar-refractivity contribution is 6.00. The summed E-state index contributed by atoms with van der Waals surface area (Å²) in [5.41, 5.74) is 1.64. The standard InChI is InChI=1S/C20H19F3N4O2/c1-3-27(4-2)19(28)13-5-10-16-17(11-13)24-12-25-18(16)26-14-6-8-15(9-7-14)29-20(21,22)23/h5-12H,3-4H2,1-2H3,(H,24,25,26). The number of nitrogens with one attached hydrogen (secondary N) is 1. The van der Waals surface area contributed by atoms with Gasteiger partial charge in [-0.3, -0.25) is 4.79 Å². The summed E-state index contributed by atoms with van der Waals surface area (Å²) in [6, 6.07) is 10.5. The maximum Gasteiger partial charge on any atom is 0.573 e. The SMILES string of the molecule is CCN(CC)C(=O)c1ccc2c(Nc3ccc(OC(F)(F)F)cc3)ncnc2c1. The predicted octanol–water partition coefficient (Wildman–Crippen LogP) is 4.75. The van der Waals surface area contributed by atoms with Crippen LogP contribution >= 0.6 is 0 Å². The third kappa shape index (κ3) is 4.92. The minimum absolute atomic E-state index is 0.0784. The fourth-order valence-corrected chi connectivity index (χ4v) is 2.86. The Balaban J connectivity index is 1.84. The summed E-state index contributed by atoms with van der Waals surface area (Å²) in [4.78, 5) is 22.7. The molecule has 2 aromatic carbocycles. The van der Waals surface area contributed by atoms with E-state index >= 15 is 0 Å². The number of halogens is 3. The fraction of sp³-hybridized carbons (Fsp3) is 0.250. The van der Waals surface area contributed by atoms with Crippen molar-refractivity contribution in [1.82, 2.24) is 14.9 Å². The van der Waals surface area contributed by atoms with Crippen molar-refractivity contribution in [2.75, 3.05) is 18.4 Å². The molecule has 0 unspecified atom stereocenters. The van der Waals surface area contributed by atoms with Crippen molar-refractivity contribution in [1.29, 1.82) is 0 Å². The van der Waals surface area contributed by atoms with E-state index in [9.17, 15) is 18.0 Å². The number of alkyl halides is 3. The van der Waals surface area contributed by atoms with Gasteiger partial charge in [0.25, 0.3) is 5.91 Å². The smallest absolute Gasteiger partial charge is 0.406 e. The summed E-state index contributed by atoms with van der Waals surface area (Å²) < 4.78 is 40.7. The largest absolute Gasteiger partial charge is 0.573 e. The molecule has 9 heteroatoms. The quantitative estimate of drug-likeness (QED) is 0.642. The monoisotopic (exact) mass is 404 g/mol. The molecule has 0 spiro atoms. The summed E-state index contributed by atoms with van der Waals surface area (Å²) in [5, 5.41) is 3.73. The number of hydrogen-bond acceptors (Lipinski definition) is 5. The Kier molecular flexibility index (Phi) is 5.86. The second kappa shape index (κ2) is 8.34. The van der Waals surface area contributed by atoms with E-state index in [1.165, 1.54) is 30.6 Å². The first-order valence-electron chi connectivity index (χ1n) is 8.97. The molecule has 1 amide bonds. The van der Waals surface area contributed by atoms with Gasteiger partial charge in [-0.2, -0.15) is 0 Å². The molecule has 0 aliphatic rings. The number of aromatic nitrogens is 2. The van der Waals surface area contributed by atoms with E-state index < -0.39 is 6.36 Å². The van der Waals surface area contributed by atoms with Crippen molar-refractivity contribution >= 4 is 28.3 Å². The molecule has 6 nitrogen and oxygen atoms in total. The average Bonchev–Trinajstić information content (AvgIpc) is 2.69. The van der Waals surface area contributed by atoms with Crippen LogP contribution in [0.1, 0.15) is 24.2 Å². The number of nitrogens with zero attached hydrogens (tertiary/aromatic N) is 3. The number of amides is 1. The fourth-order valence-electron chi connectivity index (χ4n) is 2.86. The number of fused-ring (bicyclic) bond motifs is 1. The van der Waals surface area contributed by atoms with Gasteiger partial charge < -0.3 is 15.0 Å². The van der Waals surface area contributed by atoms with Crippen LogP contribution in [0.3, 0.4) is 0 Å². The molecule has 1 aromatic heterocycles. The molecule has 0 aliphatic carbocycles. The highest BCUT2D eigenvalue weighted by Crippen LogP contribution is 2.27. The Morgan fingerprint density at radius 1 is 1.07 bits per heavy atom. The van der Waals surface area contributed by atoms with E-state index in [1.54, 1.807) is 23.1 Å². The summed E-state index contributed by atoms with van der Waals surface area (Å²) in [7, 11) is 0. The van der Waals surface area contributed by atoms with E-state index in [4.69, 9.17) is 0 Å². The molecule has 0 saturated heterocycles. The Labute approximate surface area is 165 Å². The van der Waals surface area contributed by atoms with Crippen LogP contribution in [0.15, 0.2) is 48.8 Å². The Hall–Kier alpha value is -3.36. The first-order valence-corrected chi connectivity index (χ1v) is 8.97. The van der Waals surface area contributed by atoms with Crippen LogP contribution in [-0.4, -0.2) is 40.2 Å². The van der Waals surface area contributed by atoms with Crippen LogP contribution in [0.5, 0.6) is 5.75 Å². The first-order chi connectivity index (χ1) is 13.8. The number of carbonyl (C=O) groups excluding carboxylic acids is 1. The van der Waals surface area contributed by atoms with E-state index in [-0.39, 0.29) is 11.7 Å². The topological polar surface area (TPSA) is 67.4 Å². The lowest BCUT2D eigenvalue weighted by molar-refractivity contribution is -0.274. The minimum Gasteiger partial charge on any atom is -0.406 e. The number of carbonyl (C=O) groups is 1. The lowest BCUT2D eigenvalue weighted by Crippen LogP contribution is -2.30. The number of anilines is 2. The Bertz CT molecular complexity index is 1000. The van der Waals surface area contributed by atoms with Gasteiger partial charge in [0.15, 0.2) is 0 Å². The Morgan fingerprint density at radius 3 is 2.38 bits per heavy atom. The molecule has 3 rings (SSSR count). The van der Waals surface area contributed by atoms with Gasteiger partial charge in [0.05, 0.1) is 5.52 Å². The van der Waals surface area contributed by atoms with Gasteiger partial charge in [-0.05, 0) is 56.3 Å². The third-order valence-corrected chi connectivity index (χ3v) is 4.28. The maximum absolute atomic E-state index is 12.5. The molecule has 0 bridgehead atoms. The number of benzene rings is 2. The van der Waals surface area contributed by atoms with Gasteiger partial charge in [0, 0.05) is 29.7 Å². The van der Waals surface area contributed by atoms with Crippen LogP contribution in [0.2, 0.25) is 0 Å². The summed E-state index contributed by atoms with van der Waals surface area (Å²) in [6.07, 6.45) is -3.38. The zero-order valence-corrected chi connectivity index (χ0v) is 15.8. The molecule has 3 aromatic rings. The van der Waals surface area contributed by atoms with Gasteiger partial charge in [-0.1, -0.05) is 0 Å². The summed E-state index contributed by atoms with van der Waals surface area (Å²) in [5.74, 6) is 0.0850. The van der Waals surface area contributed by atoms with Crippen LogP contribution in [0.4, 0.5) is 24.7 Å². The Morgan fingerprint density at radius 2 is 1.76 bits per heavy atom. The lowest BCUT2D eigenvalue weighted by Gasteiger charge is -2.18. The highest BCUT2D eigenvalue weighted by Gasteiger charge is 2.30. The molecule has 0 saturated carbocycles. The molecule has 0 fully saturated rings. The average molecular weight is 404 g/mol. The van der Waals surface area contributed by atoms with Crippen molar-refractivity contribution in [2.24, 2.45) is 0 Å². The molecule has 0 atom stereocenters. The summed E-state index contributed by atoms with van der Waals surface area (Å²) in [6.45, 7) is 5.05. The van der Waals surface area contributed by atoms with Crippen molar-refractivity contribution in [3.05, 3.63) is 54.4 Å². The second-order valence-corrected chi connectivity index (χ2v) is 6.13. The first kappa shape index (κ1) is 20.4. The normalized spacial score (nSPS) is 11.3.